The van der Waals surface area contributed by atoms with Gasteiger partial charge in [-0.05, 0) is 30.5 Å². The number of nitrogens with two attached hydrogens (primary N) is 1. The number of rotatable bonds is 7. The average Bonchev–Trinajstić information content (AvgIpc) is 2.25. The van der Waals surface area contributed by atoms with Crippen molar-refractivity contribution in [1.82, 2.24) is 0 Å². The van der Waals surface area contributed by atoms with Gasteiger partial charge in [0.05, 0.1) is 12.3 Å². The van der Waals surface area contributed by atoms with Crippen molar-refractivity contribution < 1.29 is 9.13 Å². The monoisotopic (exact) mass is 240 g/mol. The molecule has 1 aromatic rings. The van der Waals surface area contributed by atoms with Crippen molar-refractivity contribution in [2.45, 2.75) is 20.3 Å². The Balaban J connectivity index is 2.18. The first-order valence-electron chi connectivity index (χ1n) is 5.96. The molecule has 0 aliphatic heterocycles. The van der Waals surface area contributed by atoms with Crippen LogP contribution in [0.4, 0.5) is 15.8 Å². The van der Waals surface area contributed by atoms with Gasteiger partial charge >= 0.3 is 0 Å². The second-order valence-corrected chi connectivity index (χ2v) is 4.46. The summed E-state index contributed by atoms with van der Waals surface area (Å²) < 4.78 is 18.8. The van der Waals surface area contributed by atoms with Gasteiger partial charge in [0.1, 0.15) is 5.82 Å². The lowest BCUT2D eigenvalue weighted by atomic mass is 10.1. The SMILES string of the molecule is CC(C)CCOCCNc1ccc(N)cc1F. The van der Waals surface area contributed by atoms with E-state index in [2.05, 4.69) is 19.2 Å². The maximum absolute atomic E-state index is 13.3. The van der Waals surface area contributed by atoms with Gasteiger partial charge in [-0.25, -0.2) is 4.39 Å². The molecule has 0 fully saturated rings. The van der Waals surface area contributed by atoms with Crippen LogP contribution >= 0.6 is 0 Å². The molecule has 3 nitrogen and oxygen atoms in total. The zero-order valence-corrected chi connectivity index (χ0v) is 10.5. The van der Waals surface area contributed by atoms with Crippen molar-refractivity contribution in [1.29, 1.82) is 0 Å². The highest BCUT2D eigenvalue weighted by atomic mass is 19.1. The molecule has 0 bridgehead atoms. The van der Waals surface area contributed by atoms with Crippen LogP contribution in [0, 0.1) is 11.7 Å². The fraction of sp³-hybridized carbons (Fsp3) is 0.538. The zero-order chi connectivity index (χ0) is 12.7. The van der Waals surface area contributed by atoms with Crippen molar-refractivity contribution in [2.24, 2.45) is 5.92 Å². The molecule has 96 valence electrons. The predicted molar refractivity (Wildman–Crippen MR) is 69.6 cm³/mol. The summed E-state index contributed by atoms with van der Waals surface area (Å²) in [6.45, 7) is 6.25. The van der Waals surface area contributed by atoms with E-state index in [-0.39, 0.29) is 5.82 Å². The quantitative estimate of drug-likeness (QED) is 0.569. The standard InChI is InChI=1S/C13H21FN2O/c1-10(2)5-7-17-8-6-16-13-4-3-11(15)9-12(13)14/h3-4,9-10,16H,5-8,15H2,1-2H3. The van der Waals surface area contributed by atoms with Crippen molar-refractivity contribution in [3.8, 4) is 0 Å². The van der Waals surface area contributed by atoms with E-state index in [0.29, 0.717) is 30.4 Å². The van der Waals surface area contributed by atoms with Crippen molar-refractivity contribution >= 4 is 11.4 Å². The highest BCUT2D eigenvalue weighted by molar-refractivity contribution is 5.52. The lowest BCUT2D eigenvalue weighted by molar-refractivity contribution is 0.132. The van der Waals surface area contributed by atoms with Crippen LogP contribution in [0.2, 0.25) is 0 Å². The molecule has 4 heteroatoms. The highest BCUT2D eigenvalue weighted by Gasteiger charge is 2.01. The lowest BCUT2D eigenvalue weighted by Gasteiger charge is -2.09. The molecule has 0 aliphatic rings. The number of hydrogen-bond acceptors (Lipinski definition) is 3. The molecular weight excluding hydrogens is 219 g/mol. The summed E-state index contributed by atoms with van der Waals surface area (Å²) in [5.41, 5.74) is 6.35. The fourth-order valence-corrected chi connectivity index (χ4v) is 1.35. The van der Waals surface area contributed by atoms with E-state index in [0.717, 1.165) is 13.0 Å². The van der Waals surface area contributed by atoms with E-state index >= 15 is 0 Å². The summed E-state index contributed by atoms with van der Waals surface area (Å²) in [4.78, 5) is 0. The number of benzene rings is 1. The molecule has 0 amide bonds. The third kappa shape index (κ3) is 5.54. The van der Waals surface area contributed by atoms with Gasteiger partial charge < -0.3 is 15.8 Å². The molecule has 0 radical (unpaired) electrons. The molecule has 0 atom stereocenters. The minimum absolute atomic E-state index is 0.327. The highest BCUT2D eigenvalue weighted by Crippen LogP contribution is 2.16. The summed E-state index contributed by atoms with van der Waals surface area (Å²) in [5, 5.41) is 2.97. The normalized spacial score (nSPS) is 10.8. The number of nitrogen functional groups attached to an aromatic ring is 1. The Morgan fingerprint density at radius 2 is 2.12 bits per heavy atom. The first-order chi connectivity index (χ1) is 8.09. The Bertz CT molecular complexity index is 342. The van der Waals surface area contributed by atoms with Gasteiger partial charge in [-0.3, -0.25) is 0 Å². The second kappa shape index (κ2) is 7.12. The van der Waals surface area contributed by atoms with Crippen LogP contribution in [-0.4, -0.2) is 19.8 Å². The first-order valence-corrected chi connectivity index (χ1v) is 5.96. The van der Waals surface area contributed by atoms with Crippen LogP contribution in [0.15, 0.2) is 18.2 Å². The molecule has 3 N–H and O–H groups in total. The summed E-state index contributed by atoms with van der Waals surface area (Å²) in [6.07, 6.45) is 1.05. The third-order valence-electron chi connectivity index (χ3n) is 2.39. The van der Waals surface area contributed by atoms with Gasteiger partial charge in [-0.2, -0.15) is 0 Å². The number of nitrogens with one attached hydrogen (secondary N) is 1. The molecule has 1 aromatic carbocycles. The minimum Gasteiger partial charge on any atom is -0.399 e. The first kappa shape index (κ1) is 13.8. The smallest absolute Gasteiger partial charge is 0.148 e. The lowest BCUT2D eigenvalue weighted by Crippen LogP contribution is -2.11. The van der Waals surface area contributed by atoms with E-state index in [1.165, 1.54) is 6.07 Å². The van der Waals surface area contributed by atoms with E-state index < -0.39 is 0 Å². The molecule has 0 aliphatic carbocycles. The van der Waals surface area contributed by atoms with E-state index in [9.17, 15) is 4.39 Å². The van der Waals surface area contributed by atoms with Gasteiger partial charge in [0, 0.05) is 18.8 Å². The molecule has 0 aromatic heterocycles. The zero-order valence-electron chi connectivity index (χ0n) is 10.5. The van der Waals surface area contributed by atoms with Crippen molar-refractivity contribution in [2.75, 3.05) is 30.8 Å². The van der Waals surface area contributed by atoms with E-state index in [4.69, 9.17) is 10.5 Å². The van der Waals surface area contributed by atoms with Gasteiger partial charge in [-0.15, -0.1) is 0 Å². The Morgan fingerprint density at radius 3 is 2.76 bits per heavy atom. The van der Waals surface area contributed by atoms with E-state index in [1.807, 2.05) is 0 Å². The van der Waals surface area contributed by atoms with Crippen LogP contribution in [-0.2, 0) is 4.74 Å². The molecule has 0 unspecified atom stereocenters. The maximum atomic E-state index is 13.3. The molecule has 0 heterocycles. The Kier molecular flexibility index (Phi) is 5.77. The van der Waals surface area contributed by atoms with Crippen LogP contribution in [0.1, 0.15) is 20.3 Å². The summed E-state index contributed by atoms with van der Waals surface area (Å²) in [7, 11) is 0. The fourth-order valence-electron chi connectivity index (χ4n) is 1.35. The molecule has 0 saturated heterocycles. The Morgan fingerprint density at radius 1 is 1.35 bits per heavy atom. The largest absolute Gasteiger partial charge is 0.399 e. The molecule has 0 saturated carbocycles. The van der Waals surface area contributed by atoms with Gasteiger partial charge in [-0.1, -0.05) is 13.8 Å². The molecule has 0 spiro atoms. The molecule has 17 heavy (non-hydrogen) atoms. The van der Waals surface area contributed by atoms with Gasteiger partial charge in [0.25, 0.3) is 0 Å². The second-order valence-electron chi connectivity index (χ2n) is 4.46. The minimum atomic E-state index is -0.327. The number of ether oxygens (including phenoxy) is 1. The van der Waals surface area contributed by atoms with Crippen LogP contribution < -0.4 is 11.1 Å². The van der Waals surface area contributed by atoms with Crippen LogP contribution in [0.5, 0.6) is 0 Å². The average molecular weight is 240 g/mol. The topological polar surface area (TPSA) is 47.3 Å². The molecule has 1 rings (SSSR count). The molecular formula is C13H21FN2O. The Hall–Kier alpha value is -1.29. The third-order valence-corrected chi connectivity index (χ3v) is 2.39. The van der Waals surface area contributed by atoms with Crippen LogP contribution in [0.25, 0.3) is 0 Å². The summed E-state index contributed by atoms with van der Waals surface area (Å²) in [5.74, 6) is 0.324. The van der Waals surface area contributed by atoms with Crippen molar-refractivity contribution in [3.05, 3.63) is 24.0 Å². The summed E-state index contributed by atoms with van der Waals surface area (Å²) in [6, 6.07) is 4.62. The maximum Gasteiger partial charge on any atom is 0.148 e. The van der Waals surface area contributed by atoms with E-state index in [1.54, 1.807) is 12.1 Å². The van der Waals surface area contributed by atoms with Gasteiger partial charge in [0.2, 0.25) is 0 Å². The number of halogens is 1. The predicted octanol–water partition coefficient (Wildman–Crippen LogP) is 2.88. The van der Waals surface area contributed by atoms with Crippen molar-refractivity contribution in [3.63, 3.8) is 0 Å². The summed E-state index contributed by atoms with van der Waals surface area (Å²) >= 11 is 0. The number of anilines is 2. The van der Waals surface area contributed by atoms with Crippen LogP contribution in [0.3, 0.4) is 0 Å². The van der Waals surface area contributed by atoms with Gasteiger partial charge in [0.15, 0.2) is 0 Å². The number of hydrogen-bond donors (Lipinski definition) is 2. The Labute approximate surface area is 102 Å².